The number of hydrogen-bond donors (Lipinski definition) is 2. The molecule has 0 amide bonds. The summed E-state index contributed by atoms with van der Waals surface area (Å²) in [5.74, 6) is 0.832. The summed E-state index contributed by atoms with van der Waals surface area (Å²) in [5, 5.41) is 8.74. The normalized spacial score (nSPS) is 18.1. The van der Waals surface area contributed by atoms with Gasteiger partial charge in [0, 0.05) is 19.1 Å². The topological polar surface area (TPSA) is 84.7 Å². The lowest BCUT2D eigenvalue weighted by atomic mass is 10.1. The molecule has 1 aliphatic heterocycles. The van der Waals surface area contributed by atoms with Crippen LogP contribution in [0.2, 0.25) is 0 Å². The number of nitrogens with two attached hydrogens (primary N) is 1. The first kappa shape index (κ1) is 18.7. The van der Waals surface area contributed by atoms with Crippen molar-refractivity contribution < 1.29 is 13.2 Å². The third-order valence-corrected chi connectivity index (χ3v) is 7.70. The van der Waals surface area contributed by atoms with Crippen molar-refractivity contribution in [3.63, 3.8) is 0 Å². The van der Waals surface area contributed by atoms with Gasteiger partial charge in [-0.25, -0.2) is 17.9 Å². The average Bonchev–Trinajstić information content (AvgIpc) is 3.00. The first-order valence-corrected chi connectivity index (χ1v) is 11.0. The summed E-state index contributed by atoms with van der Waals surface area (Å²) < 4.78 is 32.0. The van der Waals surface area contributed by atoms with Gasteiger partial charge in [-0.3, -0.25) is 0 Å². The van der Waals surface area contributed by atoms with Gasteiger partial charge in [-0.1, -0.05) is 19.1 Å². The van der Waals surface area contributed by atoms with Gasteiger partial charge in [-0.15, -0.1) is 11.3 Å². The molecular weight excluding hydrogens is 378 g/mol. The molecule has 1 aromatic heterocycles. The summed E-state index contributed by atoms with van der Waals surface area (Å²) in [5.41, 5.74) is 2.20. The van der Waals surface area contributed by atoms with Crippen molar-refractivity contribution in [2.24, 2.45) is 5.14 Å². The van der Waals surface area contributed by atoms with Crippen LogP contribution in [-0.4, -0.2) is 32.9 Å². The smallest absolute Gasteiger partial charge is 0.247 e. The van der Waals surface area contributed by atoms with Crippen LogP contribution in [0, 0.1) is 0 Å². The molecule has 6 nitrogen and oxygen atoms in total. The lowest BCUT2D eigenvalue weighted by molar-refractivity contribution is 0.375. The Hall–Kier alpha value is -1.10. The van der Waals surface area contributed by atoms with Gasteiger partial charge in [0.2, 0.25) is 10.0 Å². The Morgan fingerprint density at radius 1 is 1.36 bits per heavy atom. The molecule has 1 aliphatic rings. The number of hydrogen-bond acceptors (Lipinski definition) is 7. The minimum absolute atomic E-state index is 0.0891. The molecule has 3 rings (SSSR count). The molecule has 0 aliphatic carbocycles. The number of likely N-dealkylation sites (N-methyl/N-ethyl adjacent to an activating group) is 1. The Bertz CT molecular complexity index is 834. The van der Waals surface area contributed by atoms with Gasteiger partial charge in [0.05, 0.1) is 11.3 Å². The molecular formula is C16H21N3O3S3. The number of rotatable bonds is 6. The number of benzene rings is 1. The number of nitrogens with one attached hydrogen (secondary N) is 1. The second kappa shape index (κ2) is 7.65. The SMILES string of the molecule is CCN[C@H]1CN(Cc2ccc(OC)cc2)Sc2sc(S(N)(=O)=O)cc21. The van der Waals surface area contributed by atoms with E-state index in [9.17, 15) is 8.42 Å². The highest BCUT2D eigenvalue weighted by atomic mass is 32.3. The van der Waals surface area contributed by atoms with Gasteiger partial charge in [0.15, 0.2) is 0 Å². The number of sulfonamides is 1. The van der Waals surface area contributed by atoms with Crippen molar-refractivity contribution in [1.29, 1.82) is 0 Å². The van der Waals surface area contributed by atoms with E-state index in [1.54, 1.807) is 25.1 Å². The predicted molar refractivity (Wildman–Crippen MR) is 101 cm³/mol. The molecule has 3 N–H and O–H groups in total. The van der Waals surface area contributed by atoms with Crippen LogP contribution >= 0.6 is 23.3 Å². The molecule has 0 saturated heterocycles. The fourth-order valence-corrected chi connectivity index (χ4v) is 6.29. The van der Waals surface area contributed by atoms with Crippen molar-refractivity contribution in [1.82, 2.24) is 9.62 Å². The van der Waals surface area contributed by atoms with E-state index < -0.39 is 10.0 Å². The van der Waals surface area contributed by atoms with Crippen LogP contribution in [0.5, 0.6) is 5.75 Å². The lowest BCUT2D eigenvalue weighted by Crippen LogP contribution is -2.34. The van der Waals surface area contributed by atoms with Gasteiger partial charge in [-0.05, 0) is 47.8 Å². The minimum atomic E-state index is -3.67. The lowest BCUT2D eigenvalue weighted by Gasteiger charge is -2.32. The average molecular weight is 400 g/mol. The van der Waals surface area contributed by atoms with Crippen LogP contribution in [0.25, 0.3) is 0 Å². The summed E-state index contributed by atoms with van der Waals surface area (Å²) in [7, 11) is -2.02. The molecule has 0 spiro atoms. The fourth-order valence-electron chi connectivity index (χ4n) is 2.73. The molecule has 136 valence electrons. The van der Waals surface area contributed by atoms with Crippen LogP contribution in [0.3, 0.4) is 0 Å². The number of thiophene rings is 1. The van der Waals surface area contributed by atoms with E-state index in [2.05, 4.69) is 9.62 Å². The van der Waals surface area contributed by atoms with Gasteiger partial charge in [0.1, 0.15) is 9.96 Å². The van der Waals surface area contributed by atoms with Crippen molar-refractivity contribution in [3.05, 3.63) is 41.5 Å². The van der Waals surface area contributed by atoms with E-state index in [4.69, 9.17) is 9.88 Å². The van der Waals surface area contributed by atoms with E-state index in [0.717, 1.165) is 35.2 Å². The van der Waals surface area contributed by atoms with Gasteiger partial charge in [0.25, 0.3) is 0 Å². The zero-order chi connectivity index (χ0) is 18.0. The van der Waals surface area contributed by atoms with E-state index >= 15 is 0 Å². The predicted octanol–water partition coefficient (Wildman–Crippen LogP) is 2.58. The summed E-state index contributed by atoms with van der Waals surface area (Å²) >= 11 is 2.83. The largest absolute Gasteiger partial charge is 0.497 e. The number of primary sulfonamides is 1. The van der Waals surface area contributed by atoms with E-state index in [1.807, 2.05) is 31.2 Å². The van der Waals surface area contributed by atoms with Gasteiger partial charge < -0.3 is 10.1 Å². The van der Waals surface area contributed by atoms with Crippen LogP contribution in [0.1, 0.15) is 24.1 Å². The Morgan fingerprint density at radius 3 is 2.68 bits per heavy atom. The molecule has 0 fully saturated rings. The molecule has 0 unspecified atom stereocenters. The van der Waals surface area contributed by atoms with E-state index in [1.165, 1.54) is 16.9 Å². The van der Waals surface area contributed by atoms with Crippen molar-refractivity contribution >= 4 is 33.3 Å². The number of nitrogens with zero attached hydrogens (tertiary/aromatic N) is 1. The van der Waals surface area contributed by atoms with Crippen molar-refractivity contribution in [2.45, 2.75) is 27.9 Å². The van der Waals surface area contributed by atoms with Crippen LogP contribution in [0.15, 0.2) is 38.8 Å². The minimum Gasteiger partial charge on any atom is -0.497 e. The Morgan fingerprint density at radius 2 is 2.08 bits per heavy atom. The first-order valence-electron chi connectivity index (χ1n) is 7.86. The zero-order valence-corrected chi connectivity index (χ0v) is 16.5. The summed E-state index contributed by atoms with van der Waals surface area (Å²) in [6.45, 7) is 4.41. The molecule has 1 aromatic carbocycles. The maximum absolute atomic E-state index is 11.7. The molecule has 0 saturated carbocycles. The second-order valence-corrected chi connectivity index (χ2v) is 9.93. The van der Waals surface area contributed by atoms with Crippen molar-refractivity contribution in [3.8, 4) is 5.75 Å². The summed E-state index contributed by atoms with van der Waals surface area (Å²) in [6, 6.07) is 9.78. The number of ether oxygens (including phenoxy) is 1. The second-order valence-electron chi connectivity index (χ2n) is 5.73. The summed E-state index contributed by atoms with van der Waals surface area (Å²) in [4.78, 5) is 0. The standard InChI is InChI=1S/C16H21N3O3S3/c1-3-18-14-10-19(9-11-4-6-12(22-2)7-5-11)24-16-13(14)8-15(23-16)25(17,20)21/h4-8,14,18H,3,9-10H2,1-2H3,(H2,17,20,21)/t14-/m0/s1. The quantitative estimate of drug-likeness (QED) is 0.727. The molecule has 1 atom stereocenters. The molecule has 0 radical (unpaired) electrons. The van der Waals surface area contributed by atoms with Gasteiger partial charge >= 0.3 is 0 Å². The Labute approximate surface area is 156 Å². The number of fused-ring (bicyclic) bond motifs is 1. The maximum atomic E-state index is 11.7. The Kier molecular flexibility index (Phi) is 5.71. The molecule has 2 heterocycles. The van der Waals surface area contributed by atoms with E-state index in [0.29, 0.717) is 0 Å². The first-order chi connectivity index (χ1) is 11.9. The maximum Gasteiger partial charge on any atom is 0.247 e. The fraction of sp³-hybridized carbons (Fsp3) is 0.375. The highest BCUT2D eigenvalue weighted by Gasteiger charge is 2.30. The van der Waals surface area contributed by atoms with Crippen LogP contribution < -0.4 is 15.2 Å². The zero-order valence-electron chi connectivity index (χ0n) is 14.1. The molecule has 2 aromatic rings. The highest BCUT2D eigenvalue weighted by Crippen LogP contribution is 2.44. The molecule has 9 heteroatoms. The Balaban J connectivity index is 1.82. The monoisotopic (exact) mass is 399 g/mol. The number of methoxy groups -OCH3 is 1. The molecule has 0 bridgehead atoms. The van der Waals surface area contributed by atoms with Crippen LogP contribution in [-0.2, 0) is 16.6 Å². The third-order valence-electron chi connectivity index (χ3n) is 3.92. The van der Waals surface area contributed by atoms with Crippen molar-refractivity contribution in [2.75, 3.05) is 20.2 Å². The summed E-state index contributed by atoms with van der Waals surface area (Å²) in [6.07, 6.45) is 0. The highest BCUT2D eigenvalue weighted by molar-refractivity contribution is 7.99. The molecule has 25 heavy (non-hydrogen) atoms. The third kappa shape index (κ3) is 4.36. The van der Waals surface area contributed by atoms with Crippen LogP contribution in [0.4, 0.5) is 0 Å². The van der Waals surface area contributed by atoms with E-state index in [-0.39, 0.29) is 10.3 Å². The van der Waals surface area contributed by atoms with Gasteiger partial charge in [-0.2, -0.15) is 0 Å².